The van der Waals surface area contributed by atoms with Crippen molar-refractivity contribution >= 4 is 28.4 Å². The number of para-hydroxylation sites is 1. The number of fused-ring (bicyclic) bond motifs is 1. The zero-order valence-corrected chi connectivity index (χ0v) is 17.5. The lowest BCUT2D eigenvalue weighted by Gasteiger charge is -2.16. The van der Waals surface area contributed by atoms with Gasteiger partial charge in [0.25, 0.3) is 5.56 Å². The zero-order valence-electron chi connectivity index (χ0n) is 16.7. The third-order valence-corrected chi connectivity index (χ3v) is 5.69. The molecule has 0 unspecified atom stereocenters. The number of ketones is 1. The Morgan fingerprint density at radius 1 is 1.03 bits per heavy atom. The quantitative estimate of drug-likeness (QED) is 0.260. The predicted octanol–water partition coefficient (Wildman–Crippen LogP) is 4.68. The molecule has 30 heavy (non-hydrogen) atoms. The van der Waals surface area contributed by atoms with Gasteiger partial charge in [-0.1, -0.05) is 60.3 Å². The maximum absolute atomic E-state index is 13.4. The molecule has 0 aliphatic heterocycles. The Hall–Kier alpha value is -3.38. The summed E-state index contributed by atoms with van der Waals surface area (Å²) in [5, 5.41) is 0.965. The van der Waals surface area contributed by atoms with Gasteiger partial charge >= 0.3 is 0 Å². The topological polar surface area (TPSA) is 61.2 Å². The first-order valence-corrected chi connectivity index (χ1v) is 10.4. The number of Topliss-reactive ketones (excluding diaryl/α,β-unsaturated/α-hetero) is 1. The van der Waals surface area contributed by atoms with Gasteiger partial charge in [-0.05, 0) is 36.8 Å². The van der Waals surface area contributed by atoms with Gasteiger partial charge < -0.3 is 4.74 Å². The Morgan fingerprint density at radius 3 is 2.53 bits per heavy atom. The van der Waals surface area contributed by atoms with Crippen molar-refractivity contribution in [2.75, 3.05) is 12.9 Å². The molecular formula is C24H20N2O3S. The summed E-state index contributed by atoms with van der Waals surface area (Å²) in [6, 6.07) is 22.0. The van der Waals surface area contributed by atoms with Gasteiger partial charge in [0.05, 0.1) is 29.5 Å². The van der Waals surface area contributed by atoms with Crippen molar-refractivity contribution in [2.24, 2.45) is 0 Å². The van der Waals surface area contributed by atoms with Crippen LogP contribution in [0.1, 0.15) is 15.9 Å². The zero-order chi connectivity index (χ0) is 21.1. The molecule has 0 aliphatic carbocycles. The molecule has 150 valence electrons. The van der Waals surface area contributed by atoms with Crippen molar-refractivity contribution in [3.05, 3.63) is 94.3 Å². The summed E-state index contributed by atoms with van der Waals surface area (Å²) < 4.78 is 7.05. The number of aromatic nitrogens is 2. The van der Waals surface area contributed by atoms with Gasteiger partial charge in [0.2, 0.25) is 0 Å². The highest BCUT2D eigenvalue weighted by Gasteiger charge is 2.18. The van der Waals surface area contributed by atoms with Crippen LogP contribution in [0.5, 0.6) is 5.75 Å². The molecule has 0 saturated heterocycles. The minimum atomic E-state index is -0.195. The third kappa shape index (κ3) is 3.86. The SMILES string of the molecule is COc1ccc(C)cc1-n1c(SCC(=O)c2ccccc2)nc2ccccc2c1=O. The summed E-state index contributed by atoms with van der Waals surface area (Å²) in [6.07, 6.45) is 0. The van der Waals surface area contributed by atoms with Gasteiger partial charge in [0.15, 0.2) is 10.9 Å². The van der Waals surface area contributed by atoms with Crippen LogP contribution in [0.2, 0.25) is 0 Å². The molecule has 6 heteroatoms. The monoisotopic (exact) mass is 416 g/mol. The van der Waals surface area contributed by atoms with Crippen molar-refractivity contribution in [1.82, 2.24) is 9.55 Å². The van der Waals surface area contributed by atoms with E-state index in [1.807, 2.05) is 55.5 Å². The fourth-order valence-corrected chi connectivity index (χ4v) is 4.13. The number of rotatable bonds is 6. The molecule has 5 nitrogen and oxygen atoms in total. The van der Waals surface area contributed by atoms with Crippen LogP contribution in [-0.2, 0) is 0 Å². The molecule has 0 saturated carbocycles. The molecule has 4 aromatic rings. The summed E-state index contributed by atoms with van der Waals surface area (Å²) in [6.45, 7) is 1.95. The molecule has 1 heterocycles. The molecule has 3 aromatic carbocycles. The van der Waals surface area contributed by atoms with Crippen LogP contribution in [0.15, 0.2) is 82.7 Å². The molecule has 0 bridgehead atoms. The molecule has 0 amide bonds. The molecule has 0 N–H and O–H groups in total. The summed E-state index contributed by atoms with van der Waals surface area (Å²) in [5.74, 6) is 0.713. The lowest BCUT2D eigenvalue weighted by molar-refractivity contribution is 0.102. The molecule has 0 atom stereocenters. The Balaban J connectivity index is 1.84. The summed E-state index contributed by atoms with van der Waals surface area (Å²) in [7, 11) is 1.57. The minimum absolute atomic E-state index is 0.0224. The van der Waals surface area contributed by atoms with E-state index in [0.29, 0.717) is 33.1 Å². The van der Waals surface area contributed by atoms with E-state index in [0.717, 1.165) is 5.56 Å². The first kappa shape index (κ1) is 19.9. The number of hydrogen-bond acceptors (Lipinski definition) is 5. The number of hydrogen-bond donors (Lipinski definition) is 0. The van der Waals surface area contributed by atoms with E-state index in [9.17, 15) is 9.59 Å². The van der Waals surface area contributed by atoms with E-state index in [-0.39, 0.29) is 17.1 Å². The number of thioether (sulfide) groups is 1. The molecular weight excluding hydrogens is 396 g/mol. The number of ether oxygens (including phenoxy) is 1. The summed E-state index contributed by atoms with van der Waals surface area (Å²) in [5.41, 5.74) is 2.63. The lowest BCUT2D eigenvalue weighted by Crippen LogP contribution is -2.23. The maximum atomic E-state index is 13.4. The first-order valence-electron chi connectivity index (χ1n) is 9.46. The summed E-state index contributed by atoms with van der Waals surface area (Å²) >= 11 is 1.25. The van der Waals surface area contributed by atoms with E-state index in [2.05, 4.69) is 0 Å². The number of carbonyl (C=O) groups is 1. The number of carbonyl (C=O) groups excluding carboxylic acids is 1. The van der Waals surface area contributed by atoms with Crippen molar-refractivity contribution in [1.29, 1.82) is 0 Å². The van der Waals surface area contributed by atoms with Crippen LogP contribution >= 0.6 is 11.8 Å². The third-order valence-electron chi connectivity index (χ3n) is 4.75. The number of aryl methyl sites for hydroxylation is 1. The lowest BCUT2D eigenvalue weighted by atomic mass is 10.2. The van der Waals surface area contributed by atoms with Gasteiger partial charge in [0.1, 0.15) is 5.75 Å². The van der Waals surface area contributed by atoms with E-state index >= 15 is 0 Å². The molecule has 0 spiro atoms. The number of benzene rings is 3. The second kappa shape index (κ2) is 8.55. The van der Waals surface area contributed by atoms with Crippen LogP contribution in [0.25, 0.3) is 16.6 Å². The van der Waals surface area contributed by atoms with Crippen molar-refractivity contribution < 1.29 is 9.53 Å². The van der Waals surface area contributed by atoms with Gasteiger partial charge in [-0.15, -0.1) is 0 Å². The normalized spacial score (nSPS) is 10.9. The van der Waals surface area contributed by atoms with Gasteiger partial charge in [0, 0.05) is 5.56 Å². The molecule has 0 fully saturated rings. The molecule has 0 radical (unpaired) electrons. The van der Waals surface area contributed by atoms with Crippen molar-refractivity contribution in [2.45, 2.75) is 12.1 Å². The van der Waals surface area contributed by atoms with E-state index in [1.54, 1.807) is 31.4 Å². The fourth-order valence-electron chi connectivity index (χ4n) is 3.23. The summed E-state index contributed by atoms with van der Waals surface area (Å²) in [4.78, 5) is 30.7. The standard InChI is InChI=1S/C24H20N2O3S/c1-16-12-13-22(29-2)20(14-16)26-23(28)18-10-6-7-11-19(18)25-24(26)30-15-21(27)17-8-4-3-5-9-17/h3-14H,15H2,1-2H3. The predicted molar refractivity (Wildman–Crippen MR) is 120 cm³/mol. The van der Waals surface area contributed by atoms with Crippen LogP contribution in [0.4, 0.5) is 0 Å². The molecule has 1 aromatic heterocycles. The van der Waals surface area contributed by atoms with Crippen LogP contribution in [0.3, 0.4) is 0 Å². The minimum Gasteiger partial charge on any atom is -0.495 e. The van der Waals surface area contributed by atoms with Crippen LogP contribution in [0, 0.1) is 6.92 Å². The fraction of sp³-hybridized carbons (Fsp3) is 0.125. The average Bonchev–Trinajstić information content (AvgIpc) is 2.78. The van der Waals surface area contributed by atoms with Gasteiger partial charge in [-0.2, -0.15) is 0 Å². The smallest absolute Gasteiger partial charge is 0.266 e. The van der Waals surface area contributed by atoms with E-state index in [1.165, 1.54) is 16.3 Å². The van der Waals surface area contributed by atoms with Gasteiger partial charge in [-0.25, -0.2) is 4.98 Å². The highest BCUT2D eigenvalue weighted by molar-refractivity contribution is 7.99. The first-order chi connectivity index (χ1) is 14.6. The average molecular weight is 417 g/mol. The second-order valence-electron chi connectivity index (χ2n) is 6.81. The molecule has 0 aliphatic rings. The maximum Gasteiger partial charge on any atom is 0.266 e. The molecule has 4 rings (SSSR count). The van der Waals surface area contributed by atoms with E-state index < -0.39 is 0 Å². The largest absolute Gasteiger partial charge is 0.495 e. The second-order valence-corrected chi connectivity index (χ2v) is 7.75. The van der Waals surface area contributed by atoms with Crippen molar-refractivity contribution in [3.63, 3.8) is 0 Å². The van der Waals surface area contributed by atoms with Crippen LogP contribution in [-0.4, -0.2) is 28.2 Å². The van der Waals surface area contributed by atoms with Gasteiger partial charge in [-0.3, -0.25) is 14.2 Å². The number of methoxy groups -OCH3 is 1. The Kier molecular flexibility index (Phi) is 5.68. The highest BCUT2D eigenvalue weighted by atomic mass is 32.2. The van der Waals surface area contributed by atoms with Crippen molar-refractivity contribution in [3.8, 4) is 11.4 Å². The van der Waals surface area contributed by atoms with E-state index in [4.69, 9.17) is 9.72 Å². The number of nitrogens with zero attached hydrogens (tertiary/aromatic N) is 2. The Bertz CT molecular complexity index is 1280. The Morgan fingerprint density at radius 2 is 1.77 bits per heavy atom. The Labute approximate surface area is 178 Å². The highest BCUT2D eigenvalue weighted by Crippen LogP contribution is 2.28. The van der Waals surface area contributed by atoms with Crippen LogP contribution < -0.4 is 10.3 Å².